The predicted octanol–water partition coefficient (Wildman–Crippen LogP) is 3.94. The highest BCUT2D eigenvalue weighted by molar-refractivity contribution is 5.92. The van der Waals surface area contributed by atoms with E-state index in [9.17, 15) is 14.4 Å². The summed E-state index contributed by atoms with van der Waals surface area (Å²) in [6.45, 7) is 4.34. The fraction of sp³-hybridized carbons (Fsp3) is 0.682. The van der Waals surface area contributed by atoms with E-state index in [0.717, 1.165) is 31.3 Å². The van der Waals surface area contributed by atoms with Crippen molar-refractivity contribution >= 4 is 17.5 Å². The van der Waals surface area contributed by atoms with Crippen molar-refractivity contribution in [2.45, 2.75) is 65.2 Å². The fourth-order valence-electron chi connectivity index (χ4n) is 6.22. The third kappa shape index (κ3) is 2.44. The monoisotopic (exact) mass is 356 g/mol. The van der Waals surface area contributed by atoms with Crippen molar-refractivity contribution in [3.05, 3.63) is 23.3 Å². The van der Waals surface area contributed by atoms with Crippen molar-refractivity contribution in [3.63, 3.8) is 0 Å². The molecule has 0 N–H and O–H groups in total. The second-order valence-electron chi connectivity index (χ2n) is 8.69. The first-order valence-corrected chi connectivity index (χ1v) is 10.0. The van der Waals surface area contributed by atoms with E-state index < -0.39 is 0 Å². The number of carbonyl (C=O) groups excluding carboxylic acids is 3. The van der Waals surface area contributed by atoms with Gasteiger partial charge in [0.05, 0.1) is 13.0 Å². The number of esters is 1. The predicted molar refractivity (Wildman–Crippen MR) is 97.3 cm³/mol. The van der Waals surface area contributed by atoms with Gasteiger partial charge < -0.3 is 4.74 Å². The summed E-state index contributed by atoms with van der Waals surface area (Å²) in [6, 6.07) is 0. The van der Waals surface area contributed by atoms with Crippen molar-refractivity contribution in [1.82, 2.24) is 0 Å². The summed E-state index contributed by atoms with van der Waals surface area (Å²) in [6.07, 6.45) is 9.85. The van der Waals surface area contributed by atoms with Gasteiger partial charge in [-0.15, -0.1) is 0 Å². The topological polar surface area (TPSA) is 60.4 Å². The summed E-state index contributed by atoms with van der Waals surface area (Å²) >= 11 is 0. The zero-order valence-corrected chi connectivity index (χ0v) is 15.8. The second kappa shape index (κ2) is 6.17. The van der Waals surface area contributed by atoms with Crippen LogP contribution in [0.25, 0.3) is 0 Å². The number of Topliss-reactive ketones (excluding diaryl/α,β-unsaturated/α-hetero) is 1. The number of rotatable bonds is 3. The molecule has 0 saturated heterocycles. The molecule has 0 heterocycles. The molecule has 2 saturated carbocycles. The molecule has 4 aliphatic rings. The van der Waals surface area contributed by atoms with Gasteiger partial charge in [-0.25, -0.2) is 0 Å². The van der Waals surface area contributed by atoms with Crippen LogP contribution in [0.1, 0.15) is 65.2 Å². The molecule has 0 aliphatic heterocycles. The molecule has 0 aromatic carbocycles. The van der Waals surface area contributed by atoms with E-state index >= 15 is 0 Å². The largest absolute Gasteiger partial charge is 0.466 e. The molecule has 4 nitrogen and oxygen atoms in total. The Morgan fingerprint density at radius 1 is 1.23 bits per heavy atom. The third-order valence-electron chi connectivity index (χ3n) is 7.55. The first kappa shape index (κ1) is 17.7. The average Bonchev–Trinajstić information content (AvgIpc) is 2.91. The van der Waals surface area contributed by atoms with Crippen molar-refractivity contribution in [2.24, 2.45) is 22.7 Å². The standard InChI is InChI=1S/C22H28O4/c1-3-26-20(25)13-22-11-8-15(23)12-14(22)4-5-16-17-6-7-19(24)21(17,2)10-9-18(16)22/h9,12,16-17H,3-8,10-11,13H2,1-2H3/t16-,17-,21-,22+/m0/s1. The van der Waals surface area contributed by atoms with E-state index in [1.54, 1.807) is 6.08 Å². The van der Waals surface area contributed by atoms with Crippen molar-refractivity contribution < 1.29 is 19.1 Å². The van der Waals surface area contributed by atoms with Gasteiger partial charge >= 0.3 is 5.97 Å². The van der Waals surface area contributed by atoms with E-state index in [4.69, 9.17) is 4.74 Å². The molecule has 140 valence electrons. The SMILES string of the molecule is CCOC(=O)C[C@]12CCC(=O)C=C1CC[C@@H]1C2=CC[C@]2(C)C(=O)CC[C@@H]12. The highest BCUT2D eigenvalue weighted by Gasteiger charge is 2.57. The van der Waals surface area contributed by atoms with Gasteiger partial charge in [0.1, 0.15) is 5.78 Å². The van der Waals surface area contributed by atoms with Gasteiger partial charge in [0.2, 0.25) is 0 Å². The van der Waals surface area contributed by atoms with Crippen molar-refractivity contribution in [3.8, 4) is 0 Å². The van der Waals surface area contributed by atoms with E-state index in [-0.39, 0.29) is 22.6 Å². The van der Waals surface area contributed by atoms with Crippen LogP contribution in [0, 0.1) is 22.7 Å². The van der Waals surface area contributed by atoms with Crippen LogP contribution in [0.3, 0.4) is 0 Å². The van der Waals surface area contributed by atoms with Crippen LogP contribution in [0.2, 0.25) is 0 Å². The highest BCUT2D eigenvalue weighted by atomic mass is 16.5. The van der Waals surface area contributed by atoms with Gasteiger partial charge in [-0.05, 0) is 56.9 Å². The van der Waals surface area contributed by atoms with Crippen LogP contribution in [0.4, 0.5) is 0 Å². The quantitative estimate of drug-likeness (QED) is 0.568. The van der Waals surface area contributed by atoms with Crippen LogP contribution in [-0.4, -0.2) is 24.1 Å². The number of allylic oxidation sites excluding steroid dienone is 4. The first-order valence-electron chi connectivity index (χ1n) is 10.0. The zero-order valence-electron chi connectivity index (χ0n) is 15.8. The average molecular weight is 356 g/mol. The summed E-state index contributed by atoms with van der Waals surface area (Å²) in [4.78, 5) is 37.0. The fourth-order valence-corrected chi connectivity index (χ4v) is 6.22. The summed E-state index contributed by atoms with van der Waals surface area (Å²) < 4.78 is 5.29. The number of ether oxygens (including phenoxy) is 1. The number of hydrogen-bond acceptors (Lipinski definition) is 4. The molecule has 0 unspecified atom stereocenters. The summed E-state index contributed by atoms with van der Waals surface area (Å²) in [5.74, 6) is 1.14. The molecule has 4 rings (SSSR count). The van der Waals surface area contributed by atoms with Crippen LogP contribution in [-0.2, 0) is 19.1 Å². The maximum Gasteiger partial charge on any atom is 0.306 e. The van der Waals surface area contributed by atoms with E-state index in [1.807, 2.05) is 6.92 Å². The smallest absolute Gasteiger partial charge is 0.306 e. The molecular weight excluding hydrogens is 328 g/mol. The molecule has 4 aliphatic carbocycles. The lowest BCUT2D eigenvalue weighted by Crippen LogP contribution is -2.46. The number of hydrogen-bond donors (Lipinski definition) is 0. The lowest BCUT2D eigenvalue weighted by Gasteiger charge is -2.53. The normalized spacial score (nSPS) is 38.7. The molecule has 0 radical (unpaired) electrons. The molecule has 4 atom stereocenters. The lowest BCUT2D eigenvalue weighted by molar-refractivity contribution is -0.145. The highest BCUT2D eigenvalue weighted by Crippen LogP contribution is 2.63. The number of fused-ring (bicyclic) bond motifs is 5. The first-order chi connectivity index (χ1) is 12.4. The molecule has 2 fully saturated rings. The Morgan fingerprint density at radius 3 is 2.81 bits per heavy atom. The molecule has 0 aromatic rings. The van der Waals surface area contributed by atoms with Gasteiger partial charge in [-0.3, -0.25) is 14.4 Å². The molecule has 0 spiro atoms. The molecule has 0 amide bonds. The van der Waals surface area contributed by atoms with Crippen LogP contribution in [0.5, 0.6) is 0 Å². The molecular formula is C22H28O4. The summed E-state index contributed by atoms with van der Waals surface area (Å²) in [5, 5.41) is 0. The Kier molecular flexibility index (Phi) is 4.20. The maximum absolute atomic E-state index is 12.5. The van der Waals surface area contributed by atoms with Crippen LogP contribution < -0.4 is 0 Å². The van der Waals surface area contributed by atoms with Gasteiger partial charge in [0.25, 0.3) is 0 Å². The molecule has 0 bridgehead atoms. The summed E-state index contributed by atoms with van der Waals surface area (Å²) in [5.41, 5.74) is 1.87. The Morgan fingerprint density at radius 2 is 2.04 bits per heavy atom. The summed E-state index contributed by atoms with van der Waals surface area (Å²) in [7, 11) is 0. The van der Waals surface area contributed by atoms with Gasteiger partial charge in [-0.1, -0.05) is 24.1 Å². The lowest BCUT2D eigenvalue weighted by atomic mass is 9.50. The van der Waals surface area contributed by atoms with Gasteiger partial charge in [-0.2, -0.15) is 0 Å². The Labute approximate surface area is 155 Å². The second-order valence-corrected chi connectivity index (χ2v) is 8.69. The van der Waals surface area contributed by atoms with Gasteiger partial charge in [0.15, 0.2) is 5.78 Å². The molecule has 4 heteroatoms. The molecule has 26 heavy (non-hydrogen) atoms. The van der Waals surface area contributed by atoms with Crippen molar-refractivity contribution in [2.75, 3.05) is 6.61 Å². The van der Waals surface area contributed by atoms with Crippen molar-refractivity contribution in [1.29, 1.82) is 0 Å². The minimum atomic E-state index is -0.351. The minimum absolute atomic E-state index is 0.176. The zero-order chi connectivity index (χ0) is 18.5. The van der Waals surface area contributed by atoms with E-state index in [1.165, 1.54) is 5.57 Å². The Bertz CT molecular complexity index is 730. The van der Waals surface area contributed by atoms with Gasteiger partial charge in [0, 0.05) is 23.7 Å². The third-order valence-corrected chi connectivity index (χ3v) is 7.55. The van der Waals surface area contributed by atoms with E-state index in [2.05, 4.69) is 13.0 Å². The van der Waals surface area contributed by atoms with Crippen LogP contribution in [0.15, 0.2) is 23.3 Å². The minimum Gasteiger partial charge on any atom is -0.466 e. The maximum atomic E-state index is 12.5. The Hall–Kier alpha value is -1.71. The van der Waals surface area contributed by atoms with Crippen LogP contribution >= 0.6 is 0 Å². The number of ketones is 2. The number of carbonyl (C=O) groups is 3. The van der Waals surface area contributed by atoms with E-state index in [0.29, 0.717) is 49.9 Å². The Balaban J connectivity index is 1.77. The molecule has 0 aromatic heterocycles.